The zero-order valence-corrected chi connectivity index (χ0v) is 16.8. The van der Waals surface area contributed by atoms with Crippen LogP contribution in [0, 0.1) is 0 Å². The fourth-order valence-corrected chi connectivity index (χ4v) is 4.80. The molecule has 1 aliphatic heterocycles. The smallest absolute Gasteiger partial charge is 0.323 e. The van der Waals surface area contributed by atoms with E-state index in [0.29, 0.717) is 16.7 Å². The molecule has 148 valence electrons. The molecule has 0 saturated carbocycles. The zero-order valence-electron chi connectivity index (χ0n) is 15.2. The van der Waals surface area contributed by atoms with Crippen LogP contribution in [0.5, 0.6) is 0 Å². The molecule has 4 N–H and O–H groups in total. The van der Waals surface area contributed by atoms with Gasteiger partial charge in [-0.2, -0.15) is 0 Å². The maximum Gasteiger partial charge on any atom is 0.323 e. The number of amides is 1. The normalized spacial score (nSPS) is 17.7. The van der Waals surface area contributed by atoms with Crippen LogP contribution in [-0.2, 0) is 9.53 Å². The molecular formula is C17H20N6O3S2. The predicted molar refractivity (Wildman–Crippen MR) is 110 cm³/mol. The van der Waals surface area contributed by atoms with Crippen molar-refractivity contribution < 1.29 is 9.53 Å². The largest absolute Gasteiger partial charge is 0.376 e. The van der Waals surface area contributed by atoms with E-state index in [9.17, 15) is 9.59 Å². The molecule has 1 amide bonds. The molecule has 0 unspecified atom stereocenters. The third kappa shape index (κ3) is 4.54. The van der Waals surface area contributed by atoms with Gasteiger partial charge in [0, 0.05) is 18.8 Å². The first-order valence-electron chi connectivity index (χ1n) is 8.95. The summed E-state index contributed by atoms with van der Waals surface area (Å²) >= 11 is 2.78. The van der Waals surface area contributed by atoms with Crippen molar-refractivity contribution in [3.63, 3.8) is 0 Å². The summed E-state index contributed by atoms with van der Waals surface area (Å²) in [5.74, 6) is -0.147. The molecule has 0 radical (unpaired) electrons. The van der Waals surface area contributed by atoms with Crippen molar-refractivity contribution in [2.75, 3.05) is 23.8 Å². The third-order valence-corrected chi connectivity index (χ3v) is 6.41. The van der Waals surface area contributed by atoms with Crippen molar-refractivity contribution in [2.24, 2.45) is 0 Å². The molecule has 11 heteroatoms. The van der Waals surface area contributed by atoms with Gasteiger partial charge >= 0.3 is 5.69 Å². The van der Waals surface area contributed by atoms with Crippen LogP contribution in [-0.4, -0.2) is 50.6 Å². The summed E-state index contributed by atoms with van der Waals surface area (Å²) in [5, 5.41) is 14.7. The van der Waals surface area contributed by atoms with E-state index < -0.39 is 0 Å². The van der Waals surface area contributed by atoms with Crippen LogP contribution in [0.2, 0.25) is 0 Å². The highest BCUT2D eigenvalue weighted by Crippen LogP contribution is 2.30. The van der Waals surface area contributed by atoms with E-state index >= 15 is 0 Å². The van der Waals surface area contributed by atoms with E-state index in [1.165, 1.54) is 23.1 Å². The van der Waals surface area contributed by atoms with Crippen LogP contribution in [0.3, 0.4) is 0 Å². The quantitative estimate of drug-likeness (QED) is 0.433. The van der Waals surface area contributed by atoms with Crippen LogP contribution < -0.4 is 16.3 Å². The molecule has 1 aromatic carbocycles. The SMILES string of the molecule is C[C@@H](Sc1nnc(NC[C@@H]2CCCO2)s1)C(=O)Nc1ccc2[nH]c(=O)[nH]c2c1. The lowest BCUT2D eigenvalue weighted by Crippen LogP contribution is -2.22. The van der Waals surface area contributed by atoms with E-state index in [2.05, 4.69) is 30.8 Å². The van der Waals surface area contributed by atoms with Gasteiger partial charge in [0.05, 0.1) is 22.4 Å². The van der Waals surface area contributed by atoms with E-state index in [1.807, 2.05) is 6.92 Å². The van der Waals surface area contributed by atoms with Gasteiger partial charge in [-0.05, 0) is 38.0 Å². The number of imidazole rings is 1. The number of hydrogen-bond donors (Lipinski definition) is 4. The molecule has 0 spiro atoms. The summed E-state index contributed by atoms with van der Waals surface area (Å²) in [4.78, 5) is 29.2. The number of fused-ring (bicyclic) bond motifs is 1. The number of thioether (sulfide) groups is 1. The summed E-state index contributed by atoms with van der Waals surface area (Å²) in [6, 6.07) is 5.22. The van der Waals surface area contributed by atoms with Crippen LogP contribution in [0.1, 0.15) is 19.8 Å². The van der Waals surface area contributed by atoms with Crippen molar-refractivity contribution in [2.45, 2.75) is 35.5 Å². The lowest BCUT2D eigenvalue weighted by atomic mass is 10.2. The molecule has 9 nitrogen and oxygen atoms in total. The van der Waals surface area contributed by atoms with E-state index in [1.54, 1.807) is 18.2 Å². The van der Waals surface area contributed by atoms with Crippen LogP contribution in [0.4, 0.5) is 10.8 Å². The Morgan fingerprint density at radius 1 is 1.39 bits per heavy atom. The van der Waals surface area contributed by atoms with Gasteiger partial charge in [0.15, 0.2) is 4.34 Å². The first kappa shape index (κ1) is 19.0. The first-order valence-corrected chi connectivity index (χ1v) is 10.6. The minimum atomic E-state index is -0.347. The molecule has 0 bridgehead atoms. The third-order valence-electron chi connectivity index (χ3n) is 4.34. The number of ether oxygens (including phenoxy) is 1. The van der Waals surface area contributed by atoms with Gasteiger partial charge < -0.3 is 25.3 Å². The second-order valence-electron chi connectivity index (χ2n) is 6.48. The maximum absolute atomic E-state index is 12.5. The van der Waals surface area contributed by atoms with Crippen molar-refractivity contribution in [1.82, 2.24) is 20.2 Å². The highest BCUT2D eigenvalue weighted by atomic mass is 32.2. The Bertz CT molecular complexity index is 1020. The van der Waals surface area contributed by atoms with Gasteiger partial charge in [-0.3, -0.25) is 4.79 Å². The number of nitrogens with zero attached hydrogens (tertiary/aromatic N) is 2. The Hall–Kier alpha value is -2.37. The number of carbonyl (C=O) groups excluding carboxylic acids is 1. The lowest BCUT2D eigenvalue weighted by molar-refractivity contribution is -0.115. The molecule has 3 aromatic rings. The lowest BCUT2D eigenvalue weighted by Gasteiger charge is -2.10. The predicted octanol–water partition coefficient (Wildman–Crippen LogP) is 2.42. The first-order chi connectivity index (χ1) is 13.6. The Kier molecular flexibility index (Phi) is 5.64. The van der Waals surface area contributed by atoms with Crippen LogP contribution in [0.15, 0.2) is 27.3 Å². The fraction of sp³-hybridized carbons (Fsp3) is 0.412. The van der Waals surface area contributed by atoms with Gasteiger partial charge in [-0.25, -0.2) is 4.79 Å². The molecule has 1 saturated heterocycles. The summed E-state index contributed by atoms with van der Waals surface area (Å²) in [6.45, 7) is 3.36. The van der Waals surface area contributed by atoms with Gasteiger partial charge in [-0.15, -0.1) is 10.2 Å². The summed E-state index contributed by atoms with van der Waals surface area (Å²) in [5.41, 5.74) is 1.69. The van der Waals surface area contributed by atoms with Crippen LogP contribution >= 0.6 is 23.1 Å². The second-order valence-corrected chi connectivity index (χ2v) is 9.04. The average molecular weight is 421 g/mol. The molecule has 2 aromatic heterocycles. The molecule has 0 aliphatic carbocycles. The van der Waals surface area contributed by atoms with E-state index in [0.717, 1.165) is 35.5 Å². The Morgan fingerprint density at radius 2 is 2.25 bits per heavy atom. The zero-order chi connectivity index (χ0) is 19.5. The summed E-state index contributed by atoms with van der Waals surface area (Å²) in [7, 11) is 0. The van der Waals surface area contributed by atoms with Crippen molar-refractivity contribution in [3.05, 3.63) is 28.7 Å². The second kappa shape index (κ2) is 8.33. The topological polar surface area (TPSA) is 125 Å². The monoisotopic (exact) mass is 420 g/mol. The number of nitrogens with one attached hydrogen (secondary N) is 4. The van der Waals surface area contributed by atoms with Crippen molar-refractivity contribution >= 4 is 50.9 Å². The van der Waals surface area contributed by atoms with Gasteiger partial charge in [-0.1, -0.05) is 23.1 Å². The molecule has 3 heterocycles. The Labute approximate surface area is 168 Å². The minimum Gasteiger partial charge on any atom is -0.376 e. The highest BCUT2D eigenvalue weighted by Gasteiger charge is 2.19. The molecule has 28 heavy (non-hydrogen) atoms. The minimum absolute atomic E-state index is 0.147. The van der Waals surface area contributed by atoms with E-state index in [-0.39, 0.29) is 23.0 Å². The summed E-state index contributed by atoms with van der Waals surface area (Å²) < 4.78 is 6.30. The maximum atomic E-state index is 12.5. The molecule has 1 aliphatic rings. The number of aromatic amines is 2. The van der Waals surface area contributed by atoms with Gasteiger partial charge in [0.25, 0.3) is 0 Å². The number of benzene rings is 1. The molecule has 4 rings (SSSR count). The van der Waals surface area contributed by atoms with Crippen LogP contribution in [0.25, 0.3) is 11.0 Å². The average Bonchev–Trinajstić information content (AvgIpc) is 3.39. The fourth-order valence-electron chi connectivity index (χ4n) is 2.89. The molecule has 2 atom stereocenters. The number of aromatic nitrogens is 4. The standard InChI is InChI=1S/C17H20N6O3S2/c1-9(14(24)19-10-4-5-12-13(7-10)21-15(25)20-12)27-17-23-22-16(28-17)18-8-11-3-2-6-26-11/h4-5,7,9,11H,2-3,6,8H2,1H3,(H,18,22)(H,19,24)(H2,20,21,25)/t9-,11+/m1/s1. The summed E-state index contributed by atoms with van der Waals surface area (Å²) in [6.07, 6.45) is 2.40. The highest BCUT2D eigenvalue weighted by molar-refractivity contribution is 8.02. The van der Waals surface area contributed by atoms with E-state index in [4.69, 9.17) is 4.74 Å². The molecule has 1 fully saturated rings. The van der Waals surface area contributed by atoms with Crippen molar-refractivity contribution in [1.29, 1.82) is 0 Å². The molecular weight excluding hydrogens is 400 g/mol. The van der Waals surface area contributed by atoms with Gasteiger partial charge in [0.1, 0.15) is 0 Å². The van der Waals surface area contributed by atoms with Crippen molar-refractivity contribution in [3.8, 4) is 0 Å². The Balaban J connectivity index is 1.31. The number of anilines is 2. The van der Waals surface area contributed by atoms with Gasteiger partial charge in [0.2, 0.25) is 11.0 Å². The Morgan fingerprint density at radius 3 is 3.07 bits per heavy atom. The number of carbonyl (C=O) groups is 1. The number of H-pyrrole nitrogens is 2. The number of hydrogen-bond acceptors (Lipinski definition) is 8. The number of rotatable bonds is 7.